The Kier molecular flexibility index (Phi) is 50.5. The van der Waals surface area contributed by atoms with Crippen molar-refractivity contribution in [3.8, 4) is 0 Å². The molecular formula is C60H98O6. The average molecular weight is 915 g/mol. The first kappa shape index (κ1) is 62.1. The first-order valence-corrected chi connectivity index (χ1v) is 26.9. The van der Waals surface area contributed by atoms with E-state index in [9.17, 15) is 14.4 Å². The van der Waals surface area contributed by atoms with Crippen LogP contribution in [-0.2, 0) is 28.6 Å². The van der Waals surface area contributed by atoms with Gasteiger partial charge in [0.25, 0.3) is 0 Å². The molecule has 0 saturated carbocycles. The van der Waals surface area contributed by atoms with Crippen LogP contribution in [0.3, 0.4) is 0 Å². The van der Waals surface area contributed by atoms with Crippen LogP contribution in [0.5, 0.6) is 0 Å². The monoisotopic (exact) mass is 915 g/mol. The summed E-state index contributed by atoms with van der Waals surface area (Å²) < 4.78 is 16.7. The van der Waals surface area contributed by atoms with Gasteiger partial charge >= 0.3 is 17.9 Å². The summed E-state index contributed by atoms with van der Waals surface area (Å²) in [6.07, 6.45) is 72.2. The molecule has 374 valence electrons. The molecular weight excluding hydrogens is 817 g/mol. The largest absolute Gasteiger partial charge is 0.462 e. The Morgan fingerprint density at radius 1 is 0.318 bits per heavy atom. The lowest BCUT2D eigenvalue weighted by Crippen LogP contribution is -2.30. The SMILES string of the molecule is CC/C=C\C/C=C\C/C=C\C/C=C\CCCCC(=O)OC[C@H](COC(=O)CCC/C=C\C/C=C\C/C=C\C/C=C\CCCCC)OC(=O)CCCCCCC/C=C\CCCCCCCCC. The highest BCUT2D eigenvalue weighted by molar-refractivity contribution is 5.71. The fraction of sp³-hybridized carbons (Fsp3) is 0.650. The molecule has 0 aromatic heterocycles. The van der Waals surface area contributed by atoms with Crippen molar-refractivity contribution in [3.05, 3.63) is 109 Å². The molecule has 0 unspecified atom stereocenters. The Morgan fingerprint density at radius 3 is 1.06 bits per heavy atom. The number of carbonyl (C=O) groups excluding carboxylic acids is 3. The number of unbranched alkanes of at least 4 members (excludes halogenated alkanes) is 18. The molecule has 0 bridgehead atoms. The zero-order chi connectivity index (χ0) is 47.9. The van der Waals surface area contributed by atoms with Crippen molar-refractivity contribution in [3.63, 3.8) is 0 Å². The van der Waals surface area contributed by atoms with Gasteiger partial charge < -0.3 is 14.2 Å². The highest BCUT2D eigenvalue weighted by atomic mass is 16.6. The van der Waals surface area contributed by atoms with E-state index in [4.69, 9.17) is 14.2 Å². The maximum Gasteiger partial charge on any atom is 0.306 e. The third kappa shape index (κ3) is 51.1. The van der Waals surface area contributed by atoms with E-state index in [0.29, 0.717) is 25.7 Å². The van der Waals surface area contributed by atoms with Crippen LogP contribution in [0.4, 0.5) is 0 Å². The first-order valence-electron chi connectivity index (χ1n) is 26.9. The Labute approximate surface area is 406 Å². The van der Waals surface area contributed by atoms with Crippen LogP contribution >= 0.6 is 0 Å². The van der Waals surface area contributed by atoms with Crippen LogP contribution in [0, 0.1) is 0 Å². The van der Waals surface area contributed by atoms with Crippen LogP contribution in [0.25, 0.3) is 0 Å². The van der Waals surface area contributed by atoms with E-state index >= 15 is 0 Å². The topological polar surface area (TPSA) is 78.9 Å². The Bertz CT molecular complexity index is 1370. The van der Waals surface area contributed by atoms with E-state index in [0.717, 1.165) is 96.3 Å². The molecule has 0 spiro atoms. The molecule has 6 nitrogen and oxygen atoms in total. The predicted molar refractivity (Wildman–Crippen MR) is 283 cm³/mol. The van der Waals surface area contributed by atoms with Gasteiger partial charge in [0.2, 0.25) is 0 Å². The lowest BCUT2D eigenvalue weighted by Gasteiger charge is -2.18. The summed E-state index contributed by atoms with van der Waals surface area (Å²) in [6.45, 7) is 6.39. The van der Waals surface area contributed by atoms with Crippen molar-refractivity contribution in [1.82, 2.24) is 0 Å². The van der Waals surface area contributed by atoms with Gasteiger partial charge in [-0.2, -0.15) is 0 Å². The Morgan fingerprint density at radius 2 is 0.606 bits per heavy atom. The number of esters is 3. The standard InChI is InChI=1S/C60H98O6/c1-4-7-10-13-16-19-22-25-28-30-33-35-38-41-44-47-50-53-59(62)65-56-57(55-64-58(61)52-49-46-43-40-37-34-31-27-24-21-18-15-12-9-6-3)66-60(63)54-51-48-45-42-39-36-32-29-26-23-20-17-14-11-8-5-2/h9,12,16,18-19,21,25,27-29,31-33,35,37,40-41,44,57H,4-8,10-11,13-15,17,20,22-24,26,30,34,36,38-39,42-43,45-56H2,1-3H3/b12-9-,19-16-,21-18-,28-25-,31-27-,32-29-,35-33-,40-37-,44-41-/t57-/m1/s1. The van der Waals surface area contributed by atoms with Crippen molar-refractivity contribution in [2.45, 2.75) is 239 Å². The van der Waals surface area contributed by atoms with E-state index in [-0.39, 0.29) is 37.5 Å². The Balaban J connectivity index is 4.56. The second-order valence-corrected chi connectivity index (χ2v) is 17.4. The molecule has 0 aliphatic rings. The molecule has 1 atom stereocenters. The summed E-state index contributed by atoms with van der Waals surface area (Å²) in [6, 6.07) is 0. The van der Waals surface area contributed by atoms with Gasteiger partial charge in [0.15, 0.2) is 6.10 Å². The van der Waals surface area contributed by atoms with Gasteiger partial charge in [-0.3, -0.25) is 14.4 Å². The van der Waals surface area contributed by atoms with E-state index in [1.807, 2.05) is 0 Å². The predicted octanol–water partition coefficient (Wildman–Crippen LogP) is 17.9. The summed E-state index contributed by atoms with van der Waals surface area (Å²) in [5.41, 5.74) is 0. The fourth-order valence-corrected chi connectivity index (χ4v) is 6.95. The molecule has 0 saturated heterocycles. The lowest BCUT2D eigenvalue weighted by atomic mass is 10.1. The van der Waals surface area contributed by atoms with Gasteiger partial charge in [-0.15, -0.1) is 0 Å². The second kappa shape index (κ2) is 53.7. The number of ether oxygens (including phenoxy) is 3. The lowest BCUT2D eigenvalue weighted by molar-refractivity contribution is -0.167. The second-order valence-electron chi connectivity index (χ2n) is 17.4. The van der Waals surface area contributed by atoms with Crippen LogP contribution in [0.1, 0.15) is 233 Å². The minimum absolute atomic E-state index is 0.122. The van der Waals surface area contributed by atoms with E-state index in [1.165, 1.54) is 83.5 Å². The van der Waals surface area contributed by atoms with Crippen molar-refractivity contribution in [2.24, 2.45) is 0 Å². The molecule has 6 heteroatoms. The molecule has 66 heavy (non-hydrogen) atoms. The third-order valence-corrected chi connectivity index (χ3v) is 11.0. The minimum Gasteiger partial charge on any atom is -0.462 e. The minimum atomic E-state index is -0.823. The third-order valence-electron chi connectivity index (χ3n) is 11.0. The molecule has 0 fully saturated rings. The summed E-state index contributed by atoms with van der Waals surface area (Å²) in [4.78, 5) is 38.0. The van der Waals surface area contributed by atoms with Gasteiger partial charge in [0.1, 0.15) is 13.2 Å². The molecule has 0 heterocycles. The molecule has 0 radical (unpaired) electrons. The highest BCUT2D eigenvalue weighted by Gasteiger charge is 2.19. The zero-order valence-corrected chi connectivity index (χ0v) is 42.7. The average Bonchev–Trinajstić information content (AvgIpc) is 3.31. The van der Waals surface area contributed by atoms with E-state index in [2.05, 4.69) is 130 Å². The summed E-state index contributed by atoms with van der Waals surface area (Å²) in [5.74, 6) is -1.03. The molecule has 0 aromatic rings. The number of hydrogen-bond donors (Lipinski definition) is 0. The number of allylic oxidation sites excluding steroid dienone is 18. The molecule has 0 amide bonds. The van der Waals surface area contributed by atoms with Gasteiger partial charge in [-0.25, -0.2) is 0 Å². The maximum absolute atomic E-state index is 12.8. The van der Waals surface area contributed by atoms with E-state index in [1.54, 1.807) is 0 Å². The maximum atomic E-state index is 12.8. The number of rotatable bonds is 47. The van der Waals surface area contributed by atoms with Crippen molar-refractivity contribution >= 4 is 17.9 Å². The van der Waals surface area contributed by atoms with Gasteiger partial charge in [-0.1, -0.05) is 201 Å². The molecule has 0 aliphatic carbocycles. The normalized spacial score (nSPS) is 13.0. The van der Waals surface area contributed by atoms with Crippen LogP contribution in [-0.4, -0.2) is 37.2 Å². The highest BCUT2D eigenvalue weighted by Crippen LogP contribution is 2.13. The Hall–Kier alpha value is -3.93. The summed E-state index contributed by atoms with van der Waals surface area (Å²) in [7, 11) is 0. The van der Waals surface area contributed by atoms with Crippen LogP contribution in [0.15, 0.2) is 109 Å². The smallest absolute Gasteiger partial charge is 0.306 e. The molecule has 0 aliphatic heterocycles. The van der Waals surface area contributed by atoms with Gasteiger partial charge in [-0.05, 0) is 122 Å². The quantitative estimate of drug-likeness (QED) is 0.0262. The van der Waals surface area contributed by atoms with Crippen molar-refractivity contribution in [1.29, 1.82) is 0 Å². The van der Waals surface area contributed by atoms with Crippen LogP contribution < -0.4 is 0 Å². The number of hydrogen-bond acceptors (Lipinski definition) is 6. The van der Waals surface area contributed by atoms with Crippen molar-refractivity contribution in [2.75, 3.05) is 13.2 Å². The number of carbonyl (C=O) groups is 3. The fourth-order valence-electron chi connectivity index (χ4n) is 6.95. The van der Waals surface area contributed by atoms with E-state index < -0.39 is 6.10 Å². The molecule has 0 aromatic carbocycles. The molecule has 0 rings (SSSR count). The summed E-state index contributed by atoms with van der Waals surface area (Å²) in [5, 5.41) is 0. The van der Waals surface area contributed by atoms with Gasteiger partial charge in [0.05, 0.1) is 0 Å². The first-order chi connectivity index (χ1) is 32.5. The summed E-state index contributed by atoms with van der Waals surface area (Å²) >= 11 is 0. The van der Waals surface area contributed by atoms with Gasteiger partial charge in [0, 0.05) is 19.3 Å². The molecule has 0 N–H and O–H groups in total. The van der Waals surface area contributed by atoms with Crippen molar-refractivity contribution < 1.29 is 28.6 Å². The van der Waals surface area contributed by atoms with Crippen LogP contribution in [0.2, 0.25) is 0 Å². The zero-order valence-electron chi connectivity index (χ0n) is 42.7.